The summed E-state index contributed by atoms with van der Waals surface area (Å²) in [6.07, 6.45) is 0. The van der Waals surface area contributed by atoms with Crippen LogP contribution in [0.2, 0.25) is 5.02 Å². The van der Waals surface area contributed by atoms with Crippen molar-refractivity contribution in [2.24, 2.45) is 0 Å². The van der Waals surface area contributed by atoms with Crippen LogP contribution in [-0.4, -0.2) is 31.7 Å². The van der Waals surface area contributed by atoms with E-state index in [0.29, 0.717) is 32.5 Å². The van der Waals surface area contributed by atoms with Gasteiger partial charge >= 0.3 is 0 Å². The SMILES string of the molecule is CCSC1=C(c2ccc(Cl)cc2)C(=O)N(c2ccc(N(C)C)cc2)C1=O. The highest BCUT2D eigenvalue weighted by Crippen LogP contribution is 2.38. The Balaban J connectivity index is 2.02. The van der Waals surface area contributed by atoms with Gasteiger partial charge in [-0.25, -0.2) is 4.90 Å². The smallest absolute Gasteiger partial charge is 0.272 e. The van der Waals surface area contributed by atoms with Gasteiger partial charge in [0.05, 0.1) is 16.2 Å². The van der Waals surface area contributed by atoms with Gasteiger partial charge in [0.25, 0.3) is 11.8 Å². The molecule has 0 spiro atoms. The molecule has 1 aliphatic rings. The van der Waals surface area contributed by atoms with Crippen LogP contribution in [0, 0.1) is 0 Å². The first-order chi connectivity index (χ1) is 12.4. The van der Waals surface area contributed by atoms with Crippen LogP contribution in [0.15, 0.2) is 53.4 Å². The second kappa shape index (κ2) is 7.56. The average Bonchev–Trinajstić information content (AvgIpc) is 2.87. The molecule has 6 heteroatoms. The molecule has 1 aliphatic heterocycles. The Bertz CT molecular complexity index is 874. The molecule has 0 fully saturated rings. The van der Waals surface area contributed by atoms with Gasteiger partial charge in [-0.3, -0.25) is 9.59 Å². The molecule has 2 aromatic rings. The minimum atomic E-state index is -0.300. The Hall–Kier alpha value is -2.24. The lowest BCUT2D eigenvalue weighted by Crippen LogP contribution is -2.31. The first kappa shape index (κ1) is 18.5. The van der Waals surface area contributed by atoms with Crippen molar-refractivity contribution >= 4 is 52.1 Å². The van der Waals surface area contributed by atoms with Gasteiger partial charge < -0.3 is 4.90 Å². The molecule has 2 aromatic carbocycles. The second-order valence-corrected chi connectivity index (χ2v) is 7.71. The first-order valence-electron chi connectivity index (χ1n) is 8.23. The van der Waals surface area contributed by atoms with Crippen molar-refractivity contribution in [3.05, 3.63) is 64.0 Å². The van der Waals surface area contributed by atoms with E-state index >= 15 is 0 Å². The normalized spacial score (nSPS) is 14.4. The summed E-state index contributed by atoms with van der Waals surface area (Å²) in [6, 6.07) is 14.4. The van der Waals surface area contributed by atoms with Crippen molar-refractivity contribution in [1.29, 1.82) is 0 Å². The minimum absolute atomic E-state index is 0.274. The molecule has 26 heavy (non-hydrogen) atoms. The standard InChI is InChI=1S/C20H19ClN2O2S/c1-4-26-18-17(13-5-7-14(21)8-6-13)19(24)23(20(18)25)16-11-9-15(10-12-16)22(2)3/h5-12H,4H2,1-3H3. The van der Waals surface area contributed by atoms with E-state index in [-0.39, 0.29) is 11.8 Å². The number of rotatable bonds is 5. The number of imide groups is 1. The summed E-state index contributed by atoms with van der Waals surface area (Å²) in [6.45, 7) is 1.96. The maximum absolute atomic E-state index is 13.1. The summed E-state index contributed by atoms with van der Waals surface area (Å²) in [7, 11) is 3.88. The fourth-order valence-corrected chi connectivity index (χ4v) is 3.77. The lowest BCUT2D eigenvalue weighted by Gasteiger charge is -2.17. The fraction of sp³-hybridized carbons (Fsp3) is 0.200. The molecule has 0 unspecified atom stereocenters. The molecule has 134 valence electrons. The van der Waals surface area contributed by atoms with Crippen LogP contribution in [0.5, 0.6) is 0 Å². The van der Waals surface area contributed by atoms with Gasteiger partial charge in [-0.15, -0.1) is 11.8 Å². The van der Waals surface area contributed by atoms with Crippen LogP contribution < -0.4 is 9.80 Å². The van der Waals surface area contributed by atoms with Crippen LogP contribution >= 0.6 is 23.4 Å². The fourth-order valence-electron chi connectivity index (χ4n) is 2.79. The monoisotopic (exact) mass is 386 g/mol. The van der Waals surface area contributed by atoms with Crippen molar-refractivity contribution in [3.63, 3.8) is 0 Å². The number of benzene rings is 2. The van der Waals surface area contributed by atoms with Crippen LogP contribution in [0.3, 0.4) is 0 Å². The number of halogens is 1. The zero-order valence-electron chi connectivity index (χ0n) is 14.8. The minimum Gasteiger partial charge on any atom is -0.378 e. The van der Waals surface area contributed by atoms with Gasteiger partial charge in [0.2, 0.25) is 0 Å². The average molecular weight is 387 g/mol. The van der Waals surface area contributed by atoms with Crippen LogP contribution in [0.25, 0.3) is 5.57 Å². The molecule has 0 bridgehead atoms. The second-order valence-electron chi connectivity index (χ2n) is 6.00. The van der Waals surface area contributed by atoms with Crippen molar-refractivity contribution < 1.29 is 9.59 Å². The number of hydrogen-bond donors (Lipinski definition) is 0. The Morgan fingerprint density at radius 1 is 0.962 bits per heavy atom. The zero-order chi connectivity index (χ0) is 18.8. The lowest BCUT2D eigenvalue weighted by molar-refractivity contribution is -0.119. The molecule has 0 saturated carbocycles. The summed E-state index contributed by atoms with van der Waals surface area (Å²) in [4.78, 5) is 29.8. The Kier molecular flexibility index (Phi) is 5.39. The molecule has 0 saturated heterocycles. The van der Waals surface area contributed by atoms with E-state index in [9.17, 15) is 9.59 Å². The van der Waals surface area contributed by atoms with Crippen molar-refractivity contribution in [1.82, 2.24) is 0 Å². The molecule has 0 atom stereocenters. The number of carbonyl (C=O) groups is 2. The van der Waals surface area contributed by atoms with E-state index in [0.717, 1.165) is 5.69 Å². The molecular formula is C20H19ClN2O2S. The van der Waals surface area contributed by atoms with Gasteiger partial charge in [0.1, 0.15) is 0 Å². The van der Waals surface area contributed by atoms with E-state index in [1.54, 1.807) is 36.4 Å². The highest BCUT2D eigenvalue weighted by molar-refractivity contribution is 8.04. The molecule has 1 heterocycles. The van der Waals surface area contributed by atoms with Crippen molar-refractivity contribution in [2.45, 2.75) is 6.92 Å². The Morgan fingerprint density at radius 2 is 1.58 bits per heavy atom. The number of amides is 2. The maximum Gasteiger partial charge on any atom is 0.272 e. The maximum atomic E-state index is 13.1. The van der Waals surface area contributed by atoms with E-state index < -0.39 is 0 Å². The lowest BCUT2D eigenvalue weighted by atomic mass is 10.1. The summed E-state index contributed by atoms with van der Waals surface area (Å²) >= 11 is 7.35. The molecule has 4 nitrogen and oxygen atoms in total. The van der Waals surface area contributed by atoms with Crippen LogP contribution in [0.4, 0.5) is 11.4 Å². The van der Waals surface area contributed by atoms with Gasteiger partial charge in [-0.1, -0.05) is 30.7 Å². The molecule has 0 radical (unpaired) electrons. The molecule has 3 rings (SSSR count). The van der Waals surface area contributed by atoms with Crippen molar-refractivity contribution in [3.8, 4) is 0 Å². The summed E-state index contributed by atoms with van der Waals surface area (Å²) in [5.74, 6) is 0.133. The highest BCUT2D eigenvalue weighted by atomic mass is 35.5. The van der Waals surface area contributed by atoms with Gasteiger partial charge in [-0.05, 0) is 47.7 Å². The predicted octanol–water partition coefficient (Wildman–Crippen LogP) is 4.44. The number of carbonyl (C=O) groups excluding carboxylic acids is 2. The quantitative estimate of drug-likeness (QED) is 0.712. The van der Waals surface area contributed by atoms with Gasteiger partial charge in [0, 0.05) is 24.8 Å². The van der Waals surface area contributed by atoms with Gasteiger partial charge in [-0.2, -0.15) is 0 Å². The first-order valence-corrected chi connectivity index (χ1v) is 9.59. The molecular weight excluding hydrogens is 368 g/mol. The molecule has 2 amide bonds. The third-order valence-corrected chi connectivity index (χ3v) is 5.30. The zero-order valence-corrected chi connectivity index (χ0v) is 16.4. The number of nitrogens with zero attached hydrogens (tertiary/aromatic N) is 2. The van der Waals surface area contributed by atoms with E-state index in [4.69, 9.17) is 11.6 Å². The van der Waals surface area contributed by atoms with Crippen LogP contribution in [-0.2, 0) is 9.59 Å². The summed E-state index contributed by atoms with van der Waals surface area (Å²) in [5.41, 5.74) is 2.72. The Morgan fingerprint density at radius 3 is 2.12 bits per heavy atom. The topological polar surface area (TPSA) is 40.6 Å². The Labute approximate surface area is 162 Å². The largest absolute Gasteiger partial charge is 0.378 e. The van der Waals surface area contributed by atoms with E-state index in [2.05, 4.69) is 0 Å². The summed E-state index contributed by atoms with van der Waals surface area (Å²) in [5, 5.41) is 0.590. The summed E-state index contributed by atoms with van der Waals surface area (Å²) < 4.78 is 0. The van der Waals surface area contributed by atoms with Crippen LogP contribution in [0.1, 0.15) is 12.5 Å². The van der Waals surface area contributed by atoms with Crippen molar-refractivity contribution in [2.75, 3.05) is 29.6 Å². The molecule has 0 aliphatic carbocycles. The van der Waals surface area contributed by atoms with Gasteiger partial charge in [0.15, 0.2) is 0 Å². The van der Waals surface area contributed by atoms with E-state index in [1.165, 1.54) is 16.7 Å². The highest BCUT2D eigenvalue weighted by Gasteiger charge is 2.39. The number of anilines is 2. The molecule has 0 aromatic heterocycles. The molecule has 0 N–H and O–H groups in total. The third-order valence-electron chi connectivity index (χ3n) is 4.09. The third kappa shape index (κ3) is 3.37. The number of hydrogen-bond acceptors (Lipinski definition) is 4. The number of thioether (sulfide) groups is 1. The van der Waals surface area contributed by atoms with E-state index in [1.807, 2.05) is 38.1 Å². The predicted molar refractivity (Wildman–Crippen MR) is 110 cm³/mol.